The monoisotopic (exact) mass is 546 g/mol. The van der Waals surface area contributed by atoms with Gasteiger partial charge in [0.05, 0.1) is 0 Å². The van der Waals surface area contributed by atoms with Crippen molar-refractivity contribution in [3.8, 4) is 23.8 Å². The average Bonchev–Trinajstić information content (AvgIpc) is 2.75. The number of carbonyl (C=O) groups is 2. The second-order valence-electron chi connectivity index (χ2n) is 16.0. The highest BCUT2D eigenvalue weighted by Crippen LogP contribution is 2.44. The summed E-state index contributed by atoms with van der Waals surface area (Å²) < 4.78 is 11.9. The Labute approximate surface area is 243 Å². The molecule has 0 atom stereocenters. The molecular formula is C36H50O4. The van der Waals surface area contributed by atoms with Crippen LogP contribution in [-0.2, 0) is 36.7 Å². The minimum absolute atomic E-state index is 0.112. The van der Waals surface area contributed by atoms with E-state index in [9.17, 15) is 9.59 Å². The van der Waals surface area contributed by atoms with E-state index in [1.165, 1.54) is 0 Å². The van der Waals surface area contributed by atoms with Crippen LogP contribution in [0.5, 0.6) is 11.5 Å². The van der Waals surface area contributed by atoms with Crippen LogP contribution in [0.4, 0.5) is 0 Å². The molecule has 0 aliphatic rings. The Balaban J connectivity index is 2.70. The summed E-state index contributed by atoms with van der Waals surface area (Å²) in [6, 6.07) is 7.89. The summed E-state index contributed by atoms with van der Waals surface area (Å²) in [7, 11) is 0. The van der Waals surface area contributed by atoms with Gasteiger partial charge in [0.2, 0.25) is 0 Å². The second-order valence-corrected chi connectivity index (χ2v) is 16.0. The first-order valence-electron chi connectivity index (χ1n) is 14.1. The van der Waals surface area contributed by atoms with Crippen LogP contribution >= 0.6 is 0 Å². The summed E-state index contributed by atoms with van der Waals surface area (Å²) in [5, 5.41) is 0. The summed E-state index contributed by atoms with van der Waals surface area (Å²) in [5.41, 5.74) is 3.51. The van der Waals surface area contributed by atoms with E-state index < -0.39 is 22.8 Å². The van der Waals surface area contributed by atoms with E-state index in [1.807, 2.05) is 53.7 Å². The molecule has 218 valence electrons. The van der Waals surface area contributed by atoms with Gasteiger partial charge in [-0.1, -0.05) is 122 Å². The average molecular weight is 547 g/mol. The molecule has 0 spiro atoms. The van der Waals surface area contributed by atoms with Crippen molar-refractivity contribution < 1.29 is 19.1 Å². The molecule has 4 nitrogen and oxygen atoms in total. The number of benzene rings is 2. The van der Waals surface area contributed by atoms with Gasteiger partial charge in [-0.15, -0.1) is 6.42 Å². The Kier molecular flexibility index (Phi) is 8.89. The van der Waals surface area contributed by atoms with Crippen molar-refractivity contribution in [3.63, 3.8) is 0 Å². The normalized spacial score (nSPS) is 13.1. The molecule has 2 aromatic carbocycles. The first kappa shape index (κ1) is 33.1. The van der Waals surface area contributed by atoms with E-state index >= 15 is 0 Å². The smallest absolute Gasteiger partial charge is 0.417 e. The van der Waals surface area contributed by atoms with Crippen molar-refractivity contribution in [3.05, 3.63) is 57.6 Å². The second kappa shape index (κ2) is 10.7. The Morgan fingerprint density at radius 2 is 0.800 bits per heavy atom. The summed E-state index contributed by atoms with van der Waals surface area (Å²) in [4.78, 5) is 26.9. The lowest BCUT2D eigenvalue weighted by Gasteiger charge is -2.32. The summed E-state index contributed by atoms with van der Waals surface area (Å²) >= 11 is 0. The van der Waals surface area contributed by atoms with E-state index in [0.717, 1.165) is 27.8 Å². The molecular weight excluding hydrogens is 496 g/mol. The van der Waals surface area contributed by atoms with Crippen molar-refractivity contribution >= 4 is 11.9 Å². The van der Waals surface area contributed by atoms with E-state index in [1.54, 1.807) is 0 Å². The van der Waals surface area contributed by atoms with E-state index in [2.05, 4.69) is 80.4 Å². The van der Waals surface area contributed by atoms with Crippen LogP contribution in [0.1, 0.15) is 137 Å². The van der Waals surface area contributed by atoms with Gasteiger partial charge in [-0.2, -0.15) is 0 Å². The third-order valence-corrected chi connectivity index (χ3v) is 7.00. The number of hydrogen-bond donors (Lipinski definition) is 0. The number of esters is 2. The molecule has 0 radical (unpaired) electrons. The molecule has 0 heterocycles. The molecule has 0 unspecified atom stereocenters. The fraction of sp³-hybridized carbons (Fsp3) is 0.556. The molecule has 2 aromatic rings. The highest BCUT2D eigenvalue weighted by Gasteiger charge is 2.35. The lowest BCUT2D eigenvalue weighted by atomic mass is 9.74. The van der Waals surface area contributed by atoms with Gasteiger partial charge >= 0.3 is 11.9 Å². The zero-order valence-corrected chi connectivity index (χ0v) is 27.5. The molecule has 0 amide bonds. The van der Waals surface area contributed by atoms with Crippen LogP contribution in [0.2, 0.25) is 0 Å². The standard InChI is InChI=1S/C36H50O4/c1-17-22-18-24(33(5,6)7)28(25(19-22)34(8,9)10)39-30(37)31(38)40-29-26(35(11,12)13)20-23(32(2,3)4)21-27(29)36(14,15)16/h1,18-21H,2-16H3. The minimum atomic E-state index is -1.07. The van der Waals surface area contributed by atoms with Crippen molar-refractivity contribution in [1.82, 2.24) is 0 Å². The lowest BCUT2D eigenvalue weighted by molar-refractivity contribution is -0.156. The Morgan fingerprint density at radius 1 is 0.525 bits per heavy atom. The number of rotatable bonds is 2. The maximum Gasteiger partial charge on any atom is 0.423 e. The van der Waals surface area contributed by atoms with E-state index in [-0.39, 0.29) is 16.2 Å². The zero-order valence-electron chi connectivity index (χ0n) is 27.5. The van der Waals surface area contributed by atoms with Crippen LogP contribution in [0.15, 0.2) is 24.3 Å². The fourth-order valence-corrected chi connectivity index (χ4v) is 4.49. The van der Waals surface area contributed by atoms with Gasteiger partial charge in [-0.3, -0.25) is 0 Å². The van der Waals surface area contributed by atoms with Crippen LogP contribution < -0.4 is 9.47 Å². The van der Waals surface area contributed by atoms with Gasteiger partial charge in [-0.05, 0) is 44.8 Å². The predicted molar refractivity (Wildman–Crippen MR) is 166 cm³/mol. The van der Waals surface area contributed by atoms with E-state index in [4.69, 9.17) is 15.9 Å². The van der Waals surface area contributed by atoms with Gasteiger partial charge in [0, 0.05) is 27.8 Å². The van der Waals surface area contributed by atoms with Crippen LogP contribution in [0, 0.1) is 12.3 Å². The van der Waals surface area contributed by atoms with Crippen LogP contribution in [0.3, 0.4) is 0 Å². The van der Waals surface area contributed by atoms with Gasteiger partial charge in [0.15, 0.2) is 0 Å². The minimum Gasteiger partial charge on any atom is -0.417 e. The van der Waals surface area contributed by atoms with Crippen molar-refractivity contribution in [2.75, 3.05) is 0 Å². The van der Waals surface area contributed by atoms with Crippen LogP contribution in [-0.4, -0.2) is 11.9 Å². The van der Waals surface area contributed by atoms with Gasteiger partial charge in [0.25, 0.3) is 0 Å². The molecule has 0 saturated heterocycles. The third kappa shape index (κ3) is 7.57. The first-order valence-corrected chi connectivity index (χ1v) is 14.1. The summed E-state index contributed by atoms with van der Waals surface area (Å²) in [6.07, 6.45) is 5.76. The molecule has 0 aromatic heterocycles. The lowest BCUT2D eigenvalue weighted by Crippen LogP contribution is -2.31. The molecule has 0 aliphatic heterocycles. The van der Waals surface area contributed by atoms with Gasteiger partial charge in [-0.25, -0.2) is 9.59 Å². The molecule has 0 N–H and O–H groups in total. The summed E-state index contributed by atoms with van der Waals surface area (Å²) in [5.74, 6) is 1.37. The van der Waals surface area contributed by atoms with Gasteiger partial charge in [0.1, 0.15) is 11.5 Å². The summed E-state index contributed by atoms with van der Waals surface area (Å²) in [6.45, 7) is 31.1. The topological polar surface area (TPSA) is 52.6 Å². The molecule has 0 bridgehead atoms. The van der Waals surface area contributed by atoms with Crippen molar-refractivity contribution in [2.45, 2.75) is 131 Å². The van der Waals surface area contributed by atoms with Crippen molar-refractivity contribution in [1.29, 1.82) is 0 Å². The number of ether oxygens (including phenoxy) is 2. The van der Waals surface area contributed by atoms with Crippen molar-refractivity contribution in [2.24, 2.45) is 0 Å². The number of terminal acetylenes is 1. The molecule has 0 saturated carbocycles. The van der Waals surface area contributed by atoms with Crippen LogP contribution in [0.25, 0.3) is 0 Å². The third-order valence-electron chi connectivity index (χ3n) is 7.00. The quantitative estimate of drug-likeness (QED) is 0.164. The predicted octanol–water partition coefficient (Wildman–Crippen LogP) is 8.67. The SMILES string of the molecule is C#Cc1cc(C(C)(C)C)c(OC(=O)C(=O)Oc2c(C(C)(C)C)cc(C(C)(C)C)cc2C(C)(C)C)c(C(C)(C)C)c1. The molecule has 0 aliphatic carbocycles. The highest BCUT2D eigenvalue weighted by molar-refractivity contribution is 6.31. The van der Waals surface area contributed by atoms with Gasteiger partial charge < -0.3 is 9.47 Å². The zero-order chi connectivity index (χ0) is 31.2. The Hall–Kier alpha value is -3.06. The Morgan fingerprint density at radius 3 is 1.02 bits per heavy atom. The highest BCUT2D eigenvalue weighted by atomic mass is 16.6. The Bertz CT molecular complexity index is 1260. The number of carbonyl (C=O) groups excluding carboxylic acids is 2. The number of hydrogen-bond acceptors (Lipinski definition) is 4. The maximum atomic E-state index is 13.5. The maximum absolute atomic E-state index is 13.5. The molecule has 40 heavy (non-hydrogen) atoms. The fourth-order valence-electron chi connectivity index (χ4n) is 4.49. The largest absolute Gasteiger partial charge is 0.423 e. The van der Waals surface area contributed by atoms with E-state index in [0.29, 0.717) is 17.1 Å². The molecule has 2 rings (SSSR count). The molecule has 4 heteroatoms. The first-order chi connectivity index (χ1) is 17.8. The molecule has 0 fully saturated rings.